The van der Waals surface area contributed by atoms with Gasteiger partial charge < -0.3 is 4.90 Å². The molecule has 0 bridgehead atoms. The van der Waals surface area contributed by atoms with Gasteiger partial charge in [0.05, 0.1) is 17.0 Å². The number of benzene rings is 3. The summed E-state index contributed by atoms with van der Waals surface area (Å²) in [5.41, 5.74) is 6.87. The van der Waals surface area contributed by atoms with Gasteiger partial charge in [-0.1, -0.05) is 91.5 Å². The first-order chi connectivity index (χ1) is 18.6. The third kappa shape index (κ3) is 3.82. The fourth-order valence-electron chi connectivity index (χ4n) is 5.41. The molecule has 2 aliphatic rings. The first kappa shape index (κ1) is 23.8. The van der Waals surface area contributed by atoms with Gasteiger partial charge in [-0.15, -0.1) is 11.3 Å². The first-order valence-electron chi connectivity index (χ1n) is 12.6. The molecule has 1 aromatic heterocycles. The molecule has 3 aromatic carbocycles. The van der Waals surface area contributed by atoms with Gasteiger partial charge in [-0.25, -0.2) is 0 Å². The van der Waals surface area contributed by atoms with E-state index in [0.29, 0.717) is 11.1 Å². The van der Waals surface area contributed by atoms with Crippen LogP contribution in [0.3, 0.4) is 0 Å². The SMILES string of the molecule is C=CC1=C(/C=C\C)C(c2ccccc2)c2ccccc2N1c1ccc(C=C2C(=O)c3ccccc3C2=O)s1. The summed E-state index contributed by atoms with van der Waals surface area (Å²) in [5, 5.41) is 0.989. The van der Waals surface area contributed by atoms with Crippen LogP contribution in [0.1, 0.15) is 49.6 Å². The molecule has 3 nitrogen and oxygen atoms in total. The van der Waals surface area contributed by atoms with Crippen LogP contribution >= 0.6 is 11.3 Å². The lowest BCUT2D eigenvalue weighted by molar-refractivity contribution is 0.0990. The number of nitrogens with zero attached hydrogens (tertiary/aromatic N) is 1. The fraction of sp³-hybridized carbons (Fsp3) is 0.0588. The Morgan fingerprint density at radius 2 is 1.47 bits per heavy atom. The minimum atomic E-state index is -0.211. The van der Waals surface area contributed by atoms with Crippen molar-refractivity contribution >= 4 is 39.7 Å². The molecule has 1 aliphatic heterocycles. The molecule has 4 aromatic rings. The van der Waals surface area contributed by atoms with Gasteiger partial charge in [0.1, 0.15) is 5.00 Å². The molecule has 0 radical (unpaired) electrons. The van der Waals surface area contributed by atoms with Crippen molar-refractivity contribution in [3.63, 3.8) is 0 Å². The summed E-state index contributed by atoms with van der Waals surface area (Å²) in [6.07, 6.45) is 7.88. The van der Waals surface area contributed by atoms with Gasteiger partial charge >= 0.3 is 0 Å². The summed E-state index contributed by atoms with van der Waals surface area (Å²) in [5.74, 6) is -0.352. The van der Waals surface area contributed by atoms with Crippen LogP contribution in [0.4, 0.5) is 10.7 Å². The van der Waals surface area contributed by atoms with Gasteiger partial charge in [-0.05, 0) is 54.0 Å². The van der Waals surface area contributed by atoms with Gasteiger partial charge in [0.25, 0.3) is 0 Å². The van der Waals surface area contributed by atoms with Crippen molar-refractivity contribution in [2.24, 2.45) is 0 Å². The molecular weight excluding hydrogens is 486 g/mol. The van der Waals surface area contributed by atoms with Crippen molar-refractivity contribution in [3.8, 4) is 0 Å². The highest BCUT2D eigenvalue weighted by Crippen LogP contribution is 2.49. The molecule has 0 spiro atoms. The van der Waals surface area contributed by atoms with E-state index in [0.717, 1.165) is 26.8 Å². The summed E-state index contributed by atoms with van der Waals surface area (Å²) in [7, 11) is 0. The molecule has 2 heterocycles. The Morgan fingerprint density at radius 1 is 0.816 bits per heavy atom. The summed E-state index contributed by atoms with van der Waals surface area (Å²) >= 11 is 1.55. The lowest BCUT2D eigenvalue weighted by Gasteiger charge is -2.37. The van der Waals surface area contributed by atoms with E-state index in [1.165, 1.54) is 11.1 Å². The number of carbonyl (C=O) groups is 2. The van der Waals surface area contributed by atoms with Crippen LogP contribution in [0.2, 0.25) is 0 Å². The number of fused-ring (bicyclic) bond motifs is 2. The third-order valence-corrected chi connectivity index (χ3v) is 8.05. The third-order valence-electron chi connectivity index (χ3n) is 7.03. The zero-order valence-corrected chi connectivity index (χ0v) is 21.7. The van der Waals surface area contributed by atoms with E-state index in [-0.39, 0.29) is 23.1 Å². The minimum absolute atomic E-state index is 0.0710. The van der Waals surface area contributed by atoms with Crippen molar-refractivity contribution in [3.05, 3.63) is 160 Å². The molecule has 1 unspecified atom stereocenters. The molecule has 38 heavy (non-hydrogen) atoms. The van der Waals surface area contributed by atoms with E-state index in [1.54, 1.807) is 41.7 Å². The zero-order valence-electron chi connectivity index (χ0n) is 20.9. The van der Waals surface area contributed by atoms with Crippen LogP contribution in [-0.4, -0.2) is 11.6 Å². The minimum Gasteiger partial charge on any atom is -0.301 e. The molecule has 1 aliphatic carbocycles. The number of hydrogen-bond acceptors (Lipinski definition) is 4. The van der Waals surface area contributed by atoms with Crippen molar-refractivity contribution in [2.45, 2.75) is 12.8 Å². The number of rotatable bonds is 5. The lowest BCUT2D eigenvalue weighted by Crippen LogP contribution is -2.25. The first-order valence-corrected chi connectivity index (χ1v) is 13.4. The van der Waals surface area contributed by atoms with Crippen LogP contribution in [0, 0.1) is 0 Å². The number of carbonyl (C=O) groups excluding carboxylic acids is 2. The number of hydrogen-bond donors (Lipinski definition) is 0. The molecular formula is C34H25NO2S. The number of ketones is 2. The molecule has 6 rings (SSSR count). The molecule has 1 atom stereocenters. The van der Waals surface area contributed by atoms with E-state index < -0.39 is 0 Å². The zero-order chi connectivity index (χ0) is 26.2. The Hall–Kier alpha value is -4.54. The number of para-hydroxylation sites is 1. The van der Waals surface area contributed by atoms with Gasteiger partial charge in [0.15, 0.2) is 11.6 Å². The number of Topliss-reactive ketones (excluding diaryl/α,β-unsaturated/α-hetero) is 2. The summed E-state index contributed by atoms with van der Waals surface area (Å²) in [6.45, 7) is 6.23. The van der Waals surface area contributed by atoms with E-state index in [1.807, 2.05) is 31.2 Å². The maximum atomic E-state index is 12.9. The normalized spacial score (nSPS) is 16.7. The van der Waals surface area contributed by atoms with E-state index >= 15 is 0 Å². The second-order valence-corrected chi connectivity index (χ2v) is 10.3. The Labute approximate surface area is 226 Å². The average Bonchev–Trinajstić information content (AvgIpc) is 3.51. The average molecular weight is 512 g/mol. The molecule has 0 amide bonds. The monoisotopic (exact) mass is 511 g/mol. The highest BCUT2D eigenvalue weighted by molar-refractivity contribution is 7.17. The summed E-state index contributed by atoms with van der Waals surface area (Å²) in [4.78, 5) is 29.0. The quantitative estimate of drug-likeness (QED) is 0.199. The van der Waals surface area contributed by atoms with E-state index in [4.69, 9.17) is 0 Å². The van der Waals surface area contributed by atoms with Crippen molar-refractivity contribution < 1.29 is 9.59 Å². The van der Waals surface area contributed by atoms with E-state index in [2.05, 4.69) is 72.2 Å². The van der Waals surface area contributed by atoms with Crippen LogP contribution in [-0.2, 0) is 0 Å². The highest BCUT2D eigenvalue weighted by atomic mass is 32.1. The lowest BCUT2D eigenvalue weighted by atomic mass is 9.79. The smallest absolute Gasteiger partial charge is 0.197 e. The topological polar surface area (TPSA) is 37.4 Å². The predicted octanol–water partition coefficient (Wildman–Crippen LogP) is 8.51. The molecule has 0 fully saturated rings. The molecule has 184 valence electrons. The Bertz CT molecular complexity index is 1650. The van der Waals surface area contributed by atoms with Gasteiger partial charge in [0.2, 0.25) is 0 Å². The Kier molecular flexibility index (Phi) is 6.10. The second-order valence-electron chi connectivity index (χ2n) is 9.22. The number of anilines is 2. The van der Waals surface area contributed by atoms with Crippen molar-refractivity contribution in [2.75, 3.05) is 4.90 Å². The molecule has 4 heteroatoms. The highest BCUT2D eigenvalue weighted by Gasteiger charge is 2.34. The largest absolute Gasteiger partial charge is 0.301 e. The summed E-state index contributed by atoms with van der Waals surface area (Å²) < 4.78 is 0. The second kappa shape index (κ2) is 9.73. The molecule has 0 saturated carbocycles. The standard InChI is InChI=1S/C34H25NO2S/c1-3-12-26-29(4-2)35(30-18-11-10-17-27(30)32(26)22-13-6-5-7-14-22)31-20-19-23(38-31)21-28-33(36)24-15-8-9-16-25(24)34(28)37/h3-21,32H,2H2,1H3/b12-3-. The van der Waals surface area contributed by atoms with Crippen LogP contribution < -0.4 is 4.90 Å². The Morgan fingerprint density at radius 3 is 2.16 bits per heavy atom. The fourth-order valence-corrected chi connectivity index (χ4v) is 6.39. The van der Waals surface area contributed by atoms with Crippen molar-refractivity contribution in [1.82, 2.24) is 0 Å². The van der Waals surface area contributed by atoms with Gasteiger partial charge in [-0.3, -0.25) is 9.59 Å². The maximum Gasteiger partial charge on any atom is 0.197 e. The predicted molar refractivity (Wildman–Crippen MR) is 156 cm³/mol. The van der Waals surface area contributed by atoms with Gasteiger partial charge in [-0.2, -0.15) is 0 Å². The van der Waals surface area contributed by atoms with E-state index in [9.17, 15) is 9.59 Å². The molecule has 0 N–H and O–H groups in total. The maximum absolute atomic E-state index is 12.9. The van der Waals surface area contributed by atoms with Crippen LogP contribution in [0.25, 0.3) is 6.08 Å². The summed E-state index contributed by atoms with van der Waals surface area (Å²) in [6, 6.07) is 30.0. The van der Waals surface area contributed by atoms with Crippen LogP contribution in [0.5, 0.6) is 0 Å². The number of allylic oxidation sites excluding steroid dienone is 5. The number of thiophene rings is 1. The van der Waals surface area contributed by atoms with Gasteiger partial charge in [0, 0.05) is 21.9 Å². The molecule has 0 saturated heterocycles. The van der Waals surface area contributed by atoms with Crippen LogP contribution in [0.15, 0.2) is 133 Å². The Balaban J connectivity index is 1.47. The van der Waals surface area contributed by atoms with Crippen molar-refractivity contribution in [1.29, 1.82) is 0 Å².